The minimum absolute atomic E-state index is 0.00442. The number of nitrogens with zero attached hydrogens (tertiary/aromatic N) is 2. The van der Waals surface area contributed by atoms with E-state index in [1.807, 2.05) is 62.4 Å². The Bertz CT molecular complexity index is 1030. The van der Waals surface area contributed by atoms with Crippen LogP contribution in [0.4, 0.5) is 0 Å². The number of hydrogen-bond acceptors (Lipinski definition) is 5. The molecule has 1 N–H and O–H groups in total. The minimum Gasteiger partial charge on any atom is -0.361 e. The highest BCUT2D eigenvalue weighted by molar-refractivity contribution is 7.98. The predicted octanol–water partition coefficient (Wildman–Crippen LogP) is 6.05. The fourth-order valence-corrected chi connectivity index (χ4v) is 5.23. The van der Waals surface area contributed by atoms with Gasteiger partial charge in [-0.15, -0.1) is 11.8 Å². The minimum atomic E-state index is -0.0870. The van der Waals surface area contributed by atoms with Gasteiger partial charge in [-0.3, -0.25) is 9.69 Å². The van der Waals surface area contributed by atoms with Crippen molar-refractivity contribution in [2.45, 2.75) is 44.4 Å². The van der Waals surface area contributed by atoms with Gasteiger partial charge in [0.2, 0.25) is 0 Å². The lowest BCUT2D eigenvalue weighted by Crippen LogP contribution is -2.38. The van der Waals surface area contributed by atoms with Crippen LogP contribution in [0.15, 0.2) is 57.9 Å². The van der Waals surface area contributed by atoms with E-state index >= 15 is 0 Å². The molecule has 0 saturated carbocycles. The summed E-state index contributed by atoms with van der Waals surface area (Å²) in [4.78, 5) is 16.4. The molecule has 0 spiro atoms. The Morgan fingerprint density at radius 2 is 1.81 bits per heavy atom. The lowest BCUT2D eigenvalue weighted by molar-refractivity contribution is 0.0932. The molecule has 0 aliphatic rings. The fourth-order valence-electron chi connectivity index (χ4n) is 3.77. The number of aromatic nitrogens is 1. The molecular weight excluding hydrogens is 442 g/mol. The maximum Gasteiger partial charge on any atom is 0.252 e. The van der Waals surface area contributed by atoms with Crippen LogP contribution in [0.5, 0.6) is 0 Å². The number of benzene rings is 2. The Kier molecular flexibility index (Phi) is 8.79. The van der Waals surface area contributed by atoms with Crippen molar-refractivity contribution < 1.29 is 9.32 Å². The van der Waals surface area contributed by atoms with Gasteiger partial charge >= 0.3 is 0 Å². The molecule has 32 heavy (non-hydrogen) atoms. The Balaban J connectivity index is 1.75. The van der Waals surface area contributed by atoms with Crippen LogP contribution in [0.1, 0.15) is 52.8 Å². The molecular formula is C25H30ClN3O2S. The standard InChI is InChI=1S/C25H30ClN3O2S/c1-5-29(6-2)23(19-11-7-9-13-22(19)26)15-27-25(30)20-12-8-10-14-24(20)32-16-21-17(3)28-31-18(21)4/h7-14,23H,5-6,15-16H2,1-4H3,(H,27,30). The molecule has 0 radical (unpaired) electrons. The van der Waals surface area contributed by atoms with Crippen molar-refractivity contribution in [3.63, 3.8) is 0 Å². The average Bonchev–Trinajstić information content (AvgIpc) is 3.13. The number of thioether (sulfide) groups is 1. The summed E-state index contributed by atoms with van der Waals surface area (Å²) in [5.74, 6) is 1.43. The van der Waals surface area contributed by atoms with E-state index in [0.29, 0.717) is 22.9 Å². The molecule has 5 nitrogen and oxygen atoms in total. The summed E-state index contributed by atoms with van der Waals surface area (Å²) in [5, 5.41) is 7.88. The summed E-state index contributed by atoms with van der Waals surface area (Å²) in [7, 11) is 0. The first-order valence-electron chi connectivity index (χ1n) is 10.9. The Labute approximate surface area is 199 Å². The predicted molar refractivity (Wildman–Crippen MR) is 131 cm³/mol. The number of carbonyl (C=O) groups is 1. The van der Waals surface area contributed by atoms with Crippen LogP contribution in [0, 0.1) is 13.8 Å². The second kappa shape index (κ2) is 11.5. The van der Waals surface area contributed by atoms with Crippen molar-refractivity contribution in [2.24, 2.45) is 0 Å². The first-order chi connectivity index (χ1) is 15.5. The number of hydrogen-bond donors (Lipinski definition) is 1. The molecule has 0 bridgehead atoms. The smallest absolute Gasteiger partial charge is 0.252 e. The summed E-state index contributed by atoms with van der Waals surface area (Å²) >= 11 is 8.11. The van der Waals surface area contributed by atoms with E-state index < -0.39 is 0 Å². The third-order valence-electron chi connectivity index (χ3n) is 5.66. The van der Waals surface area contributed by atoms with Gasteiger partial charge in [-0.05, 0) is 50.7 Å². The lowest BCUT2D eigenvalue weighted by atomic mass is 10.0. The van der Waals surface area contributed by atoms with E-state index in [9.17, 15) is 4.79 Å². The molecule has 3 aromatic rings. The van der Waals surface area contributed by atoms with E-state index in [-0.39, 0.29) is 11.9 Å². The van der Waals surface area contributed by atoms with Gasteiger partial charge in [0.15, 0.2) is 0 Å². The summed E-state index contributed by atoms with van der Waals surface area (Å²) in [5.41, 5.74) is 3.66. The van der Waals surface area contributed by atoms with E-state index in [0.717, 1.165) is 40.6 Å². The quantitative estimate of drug-likeness (QED) is 0.365. The van der Waals surface area contributed by atoms with Crippen LogP contribution >= 0.6 is 23.4 Å². The molecule has 170 valence electrons. The summed E-state index contributed by atoms with van der Waals surface area (Å²) in [6, 6.07) is 15.5. The molecule has 0 saturated heterocycles. The normalized spacial score (nSPS) is 12.2. The summed E-state index contributed by atoms with van der Waals surface area (Å²) < 4.78 is 5.26. The van der Waals surface area contributed by atoms with Crippen LogP contribution < -0.4 is 5.32 Å². The zero-order chi connectivity index (χ0) is 23.1. The molecule has 0 aliphatic heterocycles. The maximum absolute atomic E-state index is 13.2. The van der Waals surface area contributed by atoms with Gasteiger partial charge in [0.25, 0.3) is 5.91 Å². The monoisotopic (exact) mass is 471 g/mol. The van der Waals surface area contributed by atoms with Crippen molar-refractivity contribution >= 4 is 29.3 Å². The van der Waals surface area contributed by atoms with Gasteiger partial charge in [0, 0.05) is 27.8 Å². The highest BCUT2D eigenvalue weighted by atomic mass is 35.5. The van der Waals surface area contributed by atoms with Gasteiger partial charge in [-0.1, -0.05) is 60.9 Å². The second-order valence-electron chi connectivity index (χ2n) is 7.56. The van der Waals surface area contributed by atoms with Crippen molar-refractivity contribution in [2.75, 3.05) is 19.6 Å². The van der Waals surface area contributed by atoms with E-state index in [2.05, 4.69) is 29.2 Å². The third-order valence-corrected chi connectivity index (χ3v) is 7.10. The molecule has 2 aromatic carbocycles. The molecule has 3 rings (SSSR count). The van der Waals surface area contributed by atoms with Crippen molar-refractivity contribution in [1.29, 1.82) is 0 Å². The number of carbonyl (C=O) groups excluding carboxylic acids is 1. The summed E-state index contributed by atoms with van der Waals surface area (Å²) in [6.07, 6.45) is 0. The Morgan fingerprint density at radius 3 is 2.47 bits per heavy atom. The van der Waals surface area contributed by atoms with E-state index in [4.69, 9.17) is 16.1 Å². The number of amides is 1. The van der Waals surface area contributed by atoms with Crippen molar-refractivity contribution in [3.8, 4) is 0 Å². The molecule has 1 aromatic heterocycles. The highest BCUT2D eigenvalue weighted by Gasteiger charge is 2.22. The van der Waals surface area contributed by atoms with Gasteiger partial charge in [-0.2, -0.15) is 0 Å². The maximum atomic E-state index is 13.2. The molecule has 0 aliphatic carbocycles. The van der Waals surface area contributed by atoms with Crippen LogP contribution in [0.2, 0.25) is 5.02 Å². The van der Waals surface area contributed by atoms with Gasteiger partial charge in [-0.25, -0.2) is 0 Å². The number of halogens is 1. The zero-order valence-electron chi connectivity index (χ0n) is 19.0. The molecule has 0 fully saturated rings. The van der Waals surface area contributed by atoms with Gasteiger partial charge in [0.1, 0.15) is 5.76 Å². The first-order valence-corrected chi connectivity index (χ1v) is 12.2. The SMILES string of the molecule is CCN(CC)C(CNC(=O)c1ccccc1SCc1c(C)noc1C)c1ccccc1Cl. The molecule has 1 atom stereocenters. The van der Waals surface area contributed by atoms with Crippen molar-refractivity contribution in [1.82, 2.24) is 15.4 Å². The average molecular weight is 472 g/mol. The summed E-state index contributed by atoms with van der Waals surface area (Å²) in [6.45, 7) is 10.3. The molecule has 1 amide bonds. The Morgan fingerprint density at radius 1 is 1.12 bits per heavy atom. The van der Waals surface area contributed by atoms with Crippen LogP contribution in [0.25, 0.3) is 0 Å². The van der Waals surface area contributed by atoms with E-state index in [1.165, 1.54) is 0 Å². The molecule has 7 heteroatoms. The number of aryl methyl sites for hydroxylation is 2. The fraction of sp³-hybridized carbons (Fsp3) is 0.360. The van der Waals surface area contributed by atoms with Crippen LogP contribution in [-0.4, -0.2) is 35.6 Å². The van der Waals surface area contributed by atoms with Crippen LogP contribution in [-0.2, 0) is 5.75 Å². The largest absolute Gasteiger partial charge is 0.361 e. The second-order valence-corrected chi connectivity index (χ2v) is 8.98. The van der Waals surface area contributed by atoms with Gasteiger partial charge in [0.05, 0.1) is 17.3 Å². The topological polar surface area (TPSA) is 58.4 Å². The number of likely N-dealkylation sites (N-methyl/N-ethyl adjacent to an activating group) is 1. The molecule has 1 heterocycles. The highest BCUT2D eigenvalue weighted by Crippen LogP contribution is 2.30. The Hall–Kier alpha value is -2.28. The van der Waals surface area contributed by atoms with E-state index in [1.54, 1.807) is 11.8 Å². The third kappa shape index (κ3) is 5.74. The number of nitrogens with one attached hydrogen (secondary N) is 1. The molecule has 1 unspecified atom stereocenters. The van der Waals surface area contributed by atoms with Crippen LogP contribution in [0.3, 0.4) is 0 Å². The van der Waals surface area contributed by atoms with Gasteiger partial charge < -0.3 is 9.84 Å². The lowest BCUT2D eigenvalue weighted by Gasteiger charge is -2.31. The van der Waals surface area contributed by atoms with Crippen molar-refractivity contribution in [3.05, 3.63) is 81.7 Å². The zero-order valence-corrected chi connectivity index (χ0v) is 20.6. The first kappa shape index (κ1) is 24.4. The number of rotatable bonds is 10.